The van der Waals surface area contributed by atoms with Crippen LogP contribution in [0.1, 0.15) is 33.3 Å². The van der Waals surface area contributed by atoms with Crippen molar-refractivity contribution in [1.82, 2.24) is 0 Å². The van der Waals surface area contributed by atoms with Crippen molar-refractivity contribution in [1.29, 1.82) is 0 Å². The summed E-state index contributed by atoms with van der Waals surface area (Å²) in [4.78, 5) is 24.6. The second-order valence-corrected chi connectivity index (χ2v) is 5.43. The van der Waals surface area contributed by atoms with Crippen LogP contribution in [0.4, 0.5) is 0 Å². The van der Waals surface area contributed by atoms with Crippen molar-refractivity contribution in [2.75, 3.05) is 6.61 Å². The van der Waals surface area contributed by atoms with Crippen molar-refractivity contribution < 1.29 is 14.3 Å². The summed E-state index contributed by atoms with van der Waals surface area (Å²) in [5.74, 6) is -1.06. The monoisotopic (exact) mass is 276 g/mol. The van der Waals surface area contributed by atoms with Crippen molar-refractivity contribution in [3.8, 4) is 0 Å². The highest BCUT2D eigenvalue weighted by molar-refractivity contribution is 6.00. The first kappa shape index (κ1) is 16.4. The zero-order chi connectivity index (χ0) is 15.1. The Balaban J connectivity index is 2.91. The van der Waals surface area contributed by atoms with Gasteiger partial charge in [0.05, 0.1) is 6.61 Å². The quantitative estimate of drug-likeness (QED) is 0.567. The van der Waals surface area contributed by atoms with E-state index in [2.05, 4.69) is 0 Å². The van der Waals surface area contributed by atoms with Gasteiger partial charge in [-0.25, -0.2) is 0 Å². The van der Waals surface area contributed by atoms with Gasteiger partial charge in [-0.15, -0.1) is 0 Å². The maximum atomic E-state index is 12.5. The van der Waals surface area contributed by atoms with Crippen LogP contribution in [0.2, 0.25) is 0 Å². The van der Waals surface area contributed by atoms with Gasteiger partial charge in [-0.2, -0.15) is 0 Å². The second-order valence-electron chi connectivity index (χ2n) is 5.43. The van der Waals surface area contributed by atoms with Gasteiger partial charge in [0.1, 0.15) is 11.7 Å². The third-order valence-electron chi connectivity index (χ3n) is 3.65. The van der Waals surface area contributed by atoms with Crippen LogP contribution in [0.25, 0.3) is 0 Å². The van der Waals surface area contributed by atoms with E-state index >= 15 is 0 Å². The maximum Gasteiger partial charge on any atom is 0.316 e. The molecule has 0 N–H and O–H groups in total. The van der Waals surface area contributed by atoms with E-state index in [9.17, 15) is 9.59 Å². The largest absolute Gasteiger partial charge is 0.465 e. The lowest BCUT2D eigenvalue weighted by Gasteiger charge is -2.21. The van der Waals surface area contributed by atoms with Crippen LogP contribution in [-0.2, 0) is 20.7 Å². The zero-order valence-corrected chi connectivity index (χ0v) is 12.8. The molecule has 0 saturated heterocycles. The molecule has 20 heavy (non-hydrogen) atoms. The summed E-state index contributed by atoms with van der Waals surface area (Å²) in [6, 6.07) is 9.60. The summed E-state index contributed by atoms with van der Waals surface area (Å²) in [5, 5.41) is 0. The third kappa shape index (κ3) is 4.48. The molecule has 2 unspecified atom stereocenters. The van der Waals surface area contributed by atoms with Gasteiger partial charge >= 0.3 is 5.97 Å². The summed E-state index contributed by atoms with van der Waals surface area (Å²) in [5.41, 5.74) is 0.981. The Morgan fingerprint density at radius 3 is 2.20 bits per heavy atom. The number of ketones is 1. The standard InChI is InChI=1S/C17H24O3/c1-5-20-17(19)15(16(18)13(4)12(2)3)11-14-9-7-6-8-10-14/h6-10,12-13,15H,5,11H2,1-4H3. The fraction of sp³-hybridized carbons (Fsp3) is 0.529. The smallest absolute Gasteiger partial charge is 0.316 e. The van der Waals surface area contributed by atoms with Gasteiger partial charge in [0.15, 0.2) is 0 Å². The molecule has 3 nitrogen and oxygen atoms in total. The minimum atomic E-state index is -0.699. The second kappa shape index (κ2) is 7.83. The Kier molecular flexibility index (Phi) is 6.43. The highest BCUT2D eigenvalue weighted by Gasteiger charge is 2.32. The Hall–Kier alpha value is -1.64. The fourth-order valence-electron chi connectivity index (χ4n) is 2.04. The van der Waals surface area contributed by atoms with Crippen molar-refractivity contribution in [3.05, 3.63) is 35.9 Å². The summed E-state index contributed by atoms with van der Waals surface area (Å²) in [7, 11) is 0. The Morgan fingerprint density at radius 2 is 1.70 bits per heavy atom. The van der Waals surface area contributed by atoms with Crippen molar-refractivity contribution in [2.45, 2.75) is 34.1 Å². The minimum Gasteiger partial charge on any atom is -0.465 e. The normalized spacial score (nSPS) is 13.8. The average Bonchev–Trinajstić information content (AvgIpc) is 2.44. The molecule has 3 heteroatoms. The van der Waals surface area contributed by atoms with Crippen molar-refractivity contribution in [2.24, 2.45) is 17.8 Å². The summed E-state index contributed by atoms with van der Waals surface area (Å²) in [6.45, 7) is 7.92. The van der Waals surface area contributed by atoms with E-state index in [0.29, 0.717) is 13.0 Å². The number of carbonyl (C=O) groups is 2. The molecule has 2 atom stereocenters. The molecule has 0 radical (unpaired) electrons. The fourth-order valence-corrected chi connectivity index (χ4v) is 2.04. The molecule has 0 aliphatic rings. The molecule has 0 aliphatic heterocycles. The van der Waals surface area contributed by atoms with E-state index in [4.69, 9.17) is 4.74 Å². The highest BCUT2D eigenvalue weighted by Crippen LogP contribution is 2.20. The Labute approximate surface area is 121 Å². The molecule has 1 rings (SSSR count). The first-order valence-corrected chi connectivity index (χ1v) is 7.21. The molecular formula is C17H24O3. The van der Waals surface area contributed by atoms with E-state index < -0.39 is 11.9 Å². The number of benzene rings is 1. The van der Waals surface area contributed by atoms with Gasteiger partial charge < -0.3 is 4.74 Å². The van der Waals surface area contributed by atoms with E-state index in [1.165, 1.54) is 0 Å². The van der Waals surface area contributed by atoms with Crippen molar-refractivity contribution in [3.63, 3.8) is 0 Å². The lowest BCUT2D eigenvalue weighted by Crippen LogP contribution is -2.33. The number of rotatable bonds is 7. The summed E-state index contributed by atoms with van der Waals surface area (Å²) < 4.78 is 5.07. The van der Waals surface area contributed by atoms with Gasteiger partial charge in [-0.1, -0.05) is 51.1 Å². The molecule has 0 saturated carbocycles. The number of ether oxygens (including phenoxy) is 1. The molecule has 1 aromatic rings. The molecule has 0 spiro atoms. The lowest BCUT2D eigenvalue weighted by molar-refractivity contribution is -0.152. The zero-order valence-electron chi connectivity index (χ0n) is 12.8. The average molecular weight is 276 g/mol. The van der Waals surface area contributed by atoms with Crippen LogP contribution in [0.3, 0.4) is 0 Å². The predicted octanol–water partition coefficient (Wildman–Crippen LogP) is 3.27. The number of Topliss-reactive ketones (excluding diaryl/α,β-unsaturated/α-hetero) is 1. The minimum absolute atomic E-state index is 0.0256. The van der Waals surface area contributed by atoms with Gasteiger partial charge in [0.2, 0.25) is 0 Å². The highest BCUT2D eigenvalue weighted by atomic mass is 16.5. The molecule has 0 amide bonds. The lowest BCUT2D eigenvalue weighted by atomic mass is 9.83. The maximum absolute atomic E-state index is 12.5. The van der Waals surface area contributed by atoms with Crippen LogP contribution in [0, 0.1) is 17.8 Å². The van der Waals surface area contributed by atoms with Gasteiger partial charge in [-0.3, -0.25) is 9.59 Å². The molecule has 0 heterocycles. The molecule has 1 aromatic carbocycles. The van der Waals surface area contributed by atoms with Crippen LogP contribution in [0.5, 0.6) is 0 Å². The van der Waals surface area contributed by atoms with E-state index in [1.54, 1.807) is 6.92 Å². The number of carbonyl (C=O) groups excluding carboxylic acids is 2. The van der Waals surface area contributed by atoms with Crippen LogP contribution in [-0.4, -0.2) is 18.4 Å². The van der Waals surface area contributed by atoms with Crippen LogP contribution >= 0.6 is 0 Å². The van der Waals surface area contributed by atoms with Crippen LogP contribution < -0.4 is 0 Å². The Morgan fingerprint density at radius 1 is 1.10 bits per heavy atom. The molecule has 0 aromatic heterocycles. The summed E-state index contributed by atoms with van der Waals surface area (Å²) in [6.07, 6.45) is 0.412. The Bertz CT molecular complexity index is 437. The van der Waals surface area contributed by atoms with E-state index in [-0.39, 0.29) is 17.6 Å². The van der Waals surface area contributed by atoms with Crippen molar-refractivity contribution >= 4 is 11.8 Å². The van der Waals surface area contributed by atoms with E-state index in [1.807, 2.05) is 51.1 Å². The van der Waals surface area contributed by atoms with Gasteiger partial charge in [0, 0.05) is 5.92 Å². The SMILES string of the molecule is CCOC(=O)C(Cc1ccccc1)C(=O)C(C)C(C)C. The number of hydrogen-bond donors (Lipinski definition) is 0. The van der Waals surface area contributed by atoms with Crippen LogP contribution in [0.15, 0.2) is 30.3 Å². The first-order chi connectivity index (χ1) is 9.47. The molecular weight excluding hydrogens is 252 g/mol. The topological polar surface area (TPSA) is 43.4 Å². The number of hydrogen-bond acceptors (Lipinski definition) is 3. The molecule has 110 valence electrons. The molecule has 0 bridgehead atoms. The van der Waals surface area contributed by atoms with Gasteiger partial charge in [0.25, 0.3) is 0 Å². The molecule has 0 fully saturated rings. The third-order valence-corrected chi connectivity index (χ3v) is 3.65. The predicted molar refractivity (Wildman–Crippen MR) is 79.3 cm³/mol. The molecule has 0 aliphatic carbocycles. The summed E-state index contributed by atoms with van der Waals surface area (Å²) >= 11 is 0. The van der Waals surface area contributed by atoms with Gasteiger partial charge in [-0.05, 0) is 24.8 Å². The van der Waals surface area contributed by atoms with E-state index in [0.717, 1.165) is 5.56 Å². The first-order valence-electron chi connectivity index (χ1n) is 7.21. The number of esters is 1.